The van der Waals surface area contributed by atoms with Crippen molar-refractivity contribution in [2.45, 2.75) is 0 Å². The van der Waals surface area contributed by atoms with Crippen molar-refractivity contribution >= 4 is 70.8 Å². The summed E-state index contributed by atoms with van der Waals surface area (Å²) < 4.78 is 2.13. The smallest absolute Gasteiger partial charge is 0.235 e. The number of nitrogens with zero attached hydrogens (tertiary/aromatic N) is 3. The molecular weight excluding hydrogens is 546 g/mol. The lowest BCUT2D eigenvalue weighted by Crippen LogP contribution is -1.95. The molecule has 0 saturated heterocycles. The Morgan fingerprint density at radius 2 is 0.956 bits per heavy atom. The van der Waals surface area contributed by atoms with Gasteiger partial charge >= 0.3 is 0 Å². The molecule has 0 atom stereocenters. The number of imidazole rings is 1. The third-order valence-electron chi connectivity index (χ3n) is 9.33. The van der Waals surface area contributed by atoms with Crippen LogP contribution in [0.1, 0.15) is 0 Å². The summed E-state index contributed by atoms with van der Waals surface area (Å²) in [6.07, 6.45) is 2.21. The van der Waals surface area contributed by atoms with Crippen LogP contribution >= 0.6 is 0 Å². The Morgan fingerprint density at radius 1 is 0.400 bits per heavy atom. The van der Waals surface area contributed by atoms with Crippen molar-refractivity contribution in [2.24, 2.45) is 0 Å². The average Bonchev–Trinajstić information content (AvgIpc) is 3.47. The first-order valence-electron chi connectivity index (χ1n) is 15.3. The average molecular weight is 572 g/mol. The van der Waals surface area contributed by atoms with E-state index in [9.17, 15) is 0 Å². The zero-order valence-corrected chi connectivity index (χ0v) is 24.3. The lowest BCUT2D eigenvalue weighted by Gasteiger charge is -2.16. The minimum absolute atomic E-state index is 0.707. The van der Waals surface area contributed by atoms with Gasteiger partial charge in [0, 0.05) is 17.1 Å². The van der Waals surface area contributed by atoms with E-state index in [1.165, 1.54) is 59.8 Å². The summed E-state index contributed by atoms with van der Waals surface area (Å²) in [5.74, 6) is 0.707. The number of rotatable bonds is 2. The highest BCUT2D eigenvalue weighted by Gasteiger charge is 2.18. The predicted octanol–water partition coefficient (Wildman–Crippen LogP) is 11.0. The topological polar surface area (TPSA) is 30.2 Å². The Labute approximate surface area is 258 Å². The van der Waals surface area contributed by atoms with E-state index in [0.717, 1.165) is 27.5 Å². The SMILES string of the molecule is c1ccc2c(c1)cc(-c1cc(-c3cc4ccccc4c4ccccc34)c3nc4nc5ccccc5n4cc3c1)c1ccccc12. The molecule has 45 heavy (non-hydrogen) atoms. The summed E-state index contributed by atoms with van der Waals surface area (Å²) >= 11 is 0. The highest BCUT2D eigenvalue weighted by molar-refractivity contribution is 6.18. The zero-order valence-electron chi connectivity index (χ0n) is 24.3. The third-order valence-corrected chi connectivity index (χ3v) is 9.33. The Balaban J connectivity index is 1.38. The van der Waals surface area contributed by atoms with E-state index in [1.54, 1.807) is 0 Å². The van der Waals surface area contributed by atoms with Crippen LogP contribution in [0.4, 0.5) is 0 Å². The molecule has 208 valence electrons. The molecule has 3 nitrogen and oxygen atoms in total. The van der Waals surface area contributed by atoms with E-state index in [0.29, 0.717) is 5.78 Å². The number of para-hydroxylation sites is 2. The molecule has 0 unspecified atom stereocenters. The maximum Gasteiger partial charge on any atom is 0.235 e. The summed E-state index contributed by atoms with van der Waals surface area (Å²) in [5, 5.41) is 11.0. The van der Waals surface area contributed by atoms with Gasteiger partial charge in [0.25, 0.3) is 0 Å². The van der Waals surface area contributed by atoms with Crippen LogP contribution in [-0.2, 0) is 0 Å². The predicted molar refractivity (Wildman–Crippen MR) is 189 cm³/mol. The molecule has 0 aliphatic rings. The van der Waals surface area contributed by atoms with Crippen LogP contribution in [0.3, 0.4) is 0 Å². The van der Waals surface area contributed by atoms with Gasteiger partial charge in [-0.05, 0) is 96.2 Å². The van der Waals surface area contributed by atoms with Crippen molar-refractivity contribution in [1.29, 1.82) is 0 Å². The van der Waals surface area contributed by atoms with Crippen molar-refractivity contribution in [3.63, 3.8) is 0 Å². The van der Waals surface area contributed by atoms with Crippen molar-refractivity contribution < 1.29 is 0 Å². The van der Waals surface area contributed by atoms with E-state index in [1.807, 2.05) is 6.07 Å². The second kappa shape index (κ2) is 9.22. The highest BCUT2D eigenvalue weighted by Crippen LogP contribution is 2.42. The summed E-state index contributed by atoms with van der Waals surface area (Å²) in [5.41, 5.74) is 7.62. The van der Waals surface area contributed by atoms with Crippen molar-refractivity contribution in [3.05, 3.63) is 152 Å². The van der Waals surface area contributed by atoms with E-state index in [-0.39, 0.29) is 0 Å². The second-order valence-corrected chi connectivity index (χ2v) is 11.9. The van der Waals surface area contributed by atoms with E-state index < -0.39 is 0 Å². The standard InChI is InChI=1S/C42H25N3/c1-3-13-30-26(11-1)22-36(34-17-7-5-15-32(30)34)28-21-29-25-45-40-20-10-9-19-39(40)43-42(45)44-41(29)38(24-28)37-23-27-12-2-4-14-31(27)33-16-6-8-18-35(33)37/h1-25H. The van der Waals surface area contributed by atoms with Crippen LogP contribution in [-0.4, -0.2) is 14.4 Å². The maximum absolute atomic E-state index is 5.28. The number of hydrogen-bond donors (Lipinski definition) is 0. The van der Waals surface area contributed by atoms with Gasteiger partial charge in [-0.1, -0.05) is 109 Å². The molecule has 10 rings (SSSR count). The summed E-state index contributed by atoms with van der Waals surface area (Å²) in [4.78, 5) is 10.2. The molecule has 3 heteroatoms. The fraction of sp³-hybridized carbons (Fsp3) is 0. The first-order chi connectivity index (χ1) is 22.3. The van der Waals surface area contributed by atoms with Gasteiger partial charge in [-0.15, -0.1) is 0 Å². The first-order valence-corrected chi connectivity index (χ1v) is 15.3. The van der Waals surface area contributed by atoms with Crippen LogP contribution < -0.4 is 0 Å². The third kappa shape index (κ3) is 3.58. The van der Waals surface area contributed by atoms with Crippen molar-refractivity contribution in [2.75, 3.05) is 0 Å². The molecule has 0 fully saturated rings. The minimum atomic E-state index is 0.707. The number of aromatic nitrogens is 3. The van der Waals surface area contributed by atoms with Gasteiger partial charge in [0.15, 0.2) is 0 Å². The fourth-order valence-electron chi connectivity index (χ4n) is 7.29. The lowest BCUT2D eigenvalue weighted by atomic mass is 9.88. The van der Waals surface area contributed by atoms with Gasteiger partial charge in [-0.25, -0.2) is 9.97 Å². The molecule has 0 bridgehead atoms. The molecule has 8 aromatic carbocycles. The molecule has 10 aromatic rings. The highest BCUT2D eigenvalue weighted by atomic mass is 15.1. The fourth-order valence-corrected chi connectivity index (χ4v) is 7.29. The molecule has 0 amide bonds. The summed E-state index contributed by atoms with van der Waals surface area (Å²) in [6, 6.07) is 52.5. The van der Waals surface area contributed by atoms with Crippen molar-refractivity contribution in [1.82, 2.24) is 14.4 Å². The first kappa shape index (κ1) is 24.4. The largest absolute Gasteiger partial charge is 0.283 e. The normalized spacial score (nSPS) is 12.0. The van der Waals surface area contributed by atoms with Gasteiger partial charge in [-0.3, -0.25) is 4.40 Å². The number of hydrogen-bond acceptors (Lipinski definition) is 2. The van der Waals surface area contributed by atoms with Gasteiger partial charge in [0.1, 0.15) is 0 Å². The zero-order chi connectivity index (χ0) is 29.5. The Morgan fingerprint density at radius 3 is 1.67 bits per heavy atom. The molecule has 2 aromatic heterocycles. The van der Waals surface area contributed by atoms with E-state index in [4.69, 9.17) is 9.97 Å². The summed E-state index contributed by atoms with van der Waals surface area (Å²) in [7, 11) is 0. The minimum Gasteiger partial charge on any atom is -0.283 e. The van der Waals surface area contributed by atoms with Crippen molar-refractivity contribution in [3.8, 4) is 22.3 Å². The molecular formula is C42H25N3. The summed E-state index contributed by atoms with van der Waals surface area (Å²) in [6.45, 7) is 0. The quantitative estimate of drug-likeness (QED) is 0.193. The maximum atomic E-state index is 5.28. The molecule has 0 radical (unpaired) electrons. The van der Waals surface area contributed by atoms with Crippen LogP contribution in [0.2, 0.25) is 0 Å². The van der Waals surface area contributed by atoms with Crippen LogP contribution in [0.25, 0.3) is 93.1 Å². The second-order valence-electron chi connectivity index (χ2n) is 11.9. The van der Waals surface area contributed by atoms with Gasteiger partial charge in [-0.2, -0.15) is 0 Å². The Bertz CT molecular complexity index is 2820. The monoisotopic (exact) mass is 571 g/mol. The van der Waals surface area contributed by atoms with Gasteiger partial charge in [0.2, 0.25) is 5.78 Å². The van der Waals surface area contributed by atoms with Crippen LogP contribution in [0, 0.1) is 0 Å². The molecule has 2 heterocycles. The lowest BCUT2D eigenvalue weighted by molar-refractivity contribution is 1.17. The molecule has 0 aliphatic heterocycles. The van der Waals surface area contributed by atoms with Gasteiger partial charge in [0.05, 0.1) is 16.6 Å². The molecule has 0 aliphatic carbocycles. The van der Waals surface area contributed by atoms with Gasteiger partial charge < -0.3 is 0 Å². The Hall–Kier alpha value is -6.06. The Kier molecular flexibility index (Phi) is 5.00. The van der Waals surface area contributed by atoms with Crippen LogP contribution in [0.15, 0.2) is 152 Å². The number of benzene rings is 8. The van der Waals surface area contributed by atoms with Crippen LogP contribution in [0.5, 0.6) is 0 Å². The molecule has 0 spiro atoms. The molecule has 0 N–H and O–H groups in total. The molecule has 0 saturated carbocycles. The van der Waals surface area contributed by atoms with E-state index >= 15 is 0 Å². The number of fused-ring (bicyclic) bond motifs is 10. The van der Waals surface area contributed by atoms with E-state index in [2.05, 4.69) is 150 Å².